The average Bonchev–Trinajstić information content (AvgIpc) is 2.75. The predicted molar refractivity (Wildman–Crippen MR) is 120 cm³/mol. The van der Waals surface area contributed by atoms with Gasteiger partial charge in [-0.2, -0.15) is 0 Å². The van der Waals surface area contributed by atoms with E-state index in [1.54, 1.807) is 17.0 Å². The number of unbranched alkanes of at least 4 members (excludes halogenated alkanes) is 1. The van der Waals surface area contributed by atoms with Gasteiger partial charge >= 0.3 is 0 Å². The molecule has 0 spiro atoms. The molecule has 29 heavy (non-hydrogen) atoms. The molecule has 2 N–H and O–H groups in total. The van der Waals surface area contributed by atoms with Gasteiger partial charge in [-0.1, -0.05) is 49.7 Å². The van der Waals surface area contributed by atoms with Gasteiger partial charge < -0.3 is 10.4 Å². The Bertz CT molecular complexity index is 1030. The fourth-order valence-corrected chi connectivity index (χ4v) is 4.17. The zero-order valence-corrected chi connectivity index (χ0v) is 17.8. The molecule has 1 amide bonds. The smallest absolute Gasteiger partial charge is 0.262 e. The summed E-state index contributed by atoms with van der Waals surface area (Å²) in [6.45, 7) is 2.18. The van der Waals surface area contributed by atoms with Crippen LogP contribution in [0.4, 0.5) is 11.4 Å². The molecule has 3 aromatic carbocycles. The SMILES string of the molecule is CCCCc1ccc(N2C(=O)c3ccccc3NC2c2cccc(O)c2Br)cc1. The summed E-state index contributed by atoms with van der Waals surface area (Å²) in [5.41, 5.74) is 4.30. The molecule has 1 unspecified atom stereocenters. The minimum atomic E-state index is -0.444. The van der Waals surface area contributed by atoms with Crippen LogP contribution in [0.15, 0.2) is 71.2 Å². The maximum atomic E-state index is 13.5. The minimum Gasteiger partial charge on any atom is -0.507 e. The quantitative estimate of drug-likeness (QED) is 0.481. The Morgan fingerprint density at radius 3 is 2.55 bits per heavy atom. The van der Waals surface area contributed by atoms with Gasteiger partial charge in [-0.25, -0.2) is 0 Å². The van der Waals surface area contributed by atoms with Crippen molar-refractivity contribution < 1.29 is 9.90 Å². The third-order valence-electron chi connectivity index (χ3n) is 5.26. The number of aromatic hydroxyl groups is 1. The third kappa shape index (κ3) is 3.75. The second kappa shape index (κ2) is 8.29. The van der Waals surface area contributed by atoms with Crippen LogP contribution >= 0.6 is 15.9 Å². The Hall–Kier alpha value is -2.79. The van der Waals surface area contributed by atoms with Crippen LogP contribution in [0.1, 0.15) is 47.4 Å². The molecule has 1 atom stereocenters. The van der Waals surface area contributed by atoms with Crippen LogP contribution in [-0.4, -0.2) is 11.0 Å². The van der Waals surface area contributed by atoms with Gasteiger partial charge in [-0.05, 0) is 64.7 Å². The van der Waals surface area contributed by atoms with Crippen molar-refractivity contribution in [3.05, 3.63) is 87.9 Å². The number of rotatable bonds is 5. The Morgan fingerprint density at radius 1 is 1.03 bits per heavy atom. The lowest BCUT2D eigenvalue weighted by atomic mass is 10.0. The number of nitrogens with one attached hydrogen (secondary N) is 1. The highest BCUT2D eigenvalue weighted by atomic mass is 79.9. The summed E-state index contributed by atoms with van der Waals surface area (Å²) in [6.07, 6.45) is 2.89. The topological polar surface area (TPSA) is 52.6 Å². The van der Waals surface area contributed by atoms with Gasteiger partial charge in [0, 0.05) is 16.9 Å². The number of fused-ring (bicyclic) bond motifs is 1. The van der Waals surface area contributed by atoms with E-state index < -0.39 is 6.17 Å². The lowest BCUT2D eigenvalue weighted by Crippen LogP contribution is -2.43. The van der Waals surface area contributed by atoms with E-state index >= 15 is 0 Å². The van der Waals surface area contributed by atoms with E-state index in [1.807, 2.05) is 42.5 Å². The number of hydrogen-bond acceptors (Lipinski definition) is 3. The monoisotopic (exact) mass is 450 g/mol. The van der Waals surface area contributed by atoms with E-state index in [2.05, 4.69) is 40.3 Å². The first kappa shape index (κ1) is 19.5. The number of nitrogens with zero attached hydrogens (tertiary/aromatic N) is 1. The van der Waals surface area contributed by atoms with E-state index in [0.29, 0.717) is 10.0 Å². The van der Waals surface area contributed by atoms with Crippen LogP contribution in [0.25, 0.3) is 0 Å². The minimum absolute atomic E-state index is 0.0686. The number of halogens is 1. The van der Waals surface area contributed by atoms with Crippen LogP contribution < -0.4 is 10.2 Å². The molecule has 1 aliphatic rings. The highest BCUT2D eigenvalue weighted by Gasteiger charge is 2.35. The largest absolute Gasteiger partial charge is 0.507 e. The van der Waals surface area contributed by atoms with Crippen molar-refractivity contribution in [3.8, 4) is 5.75 Å². The summed E-state index contributed by atoms with van der Waals surface area (Å²) in [7, 11) is 0. The molecule has 0 saturated heterocycles. The molecule has 0 saturated carbocycles. The van der Waals surface area contributed by atoms with Crippen molar-refractivity contribution in [2.45, 2.75) is 32.4 Å². The average molecular weight is 451 g/mol. The Balaban J connectivity index is 1.79. The van der Waals surface area contributed by atoms with Crippen LogP contribution in [-0.2, 0) is 6.42 Å². The molecule has 3 aromatic rings. The summed E-state index contributed by atoms with van der Waals surface area (Å²) < 4.78 is 0.578. The molecule has 0 aromatic heterocycles. The fourth-order valence-electron chi connectivity index (χ4n) is 3.69. The highest BCUT2D eigenvalue weighted by Crippen LogP contribution is 2.41. The maximum Gasteiger partial charge on any atom is 0.262 e. The summed E-state index contributed by atoms with van der Waals surface area (Å²) in [5, 5.41) is 13.7. The predicted octanol–water partition coefficient (Wildman–Crippen LogP) is 6.27. The number of phenols is 1. The molecule has 5 heteroatoms. The molecule has 0 aliphatic carbocycles. The summed E-state index contributed by atoms with van der Waals surface area (Å²) in [6, 6.07) is 21.0. The number of hydrogen-bond donors (Lipinski definition) is 2. The standard InChI is InChI=1S/C24H23BrN2O2/c1-2-3-7-16-12-14-17(15-13-16)27-23(19-9-6-11-21(28)22(19)25)26-20-10-5-4-8-18(20)24(27)29/h4-6,8-15,23,26,28H,2-3,7H2,1H3. The van der Waals surface area contributed by atoms with E-state index in [1.165, 1.54) is 5.56 Å². The zero-order chi connectivity index (χ0) is 20.4. The maximum absolute atomic E-state index is 13.5. The molecular formula is C24H23BrN2O2. The number of phenolic OH excluding ortho intramolecular Hbond substituents is 1. The van der Waals surface area contributed by atoms with Crippen molar-refractivity contribution in [2.75, 3.05) is 10.2 Å². The number of para-hydroxylation sites is 1. The number of carbonyl (C=O) groups excluding carboxylic acids is 1. The van der Waals surface area contributed by atoms with E-state index in [0.717, 1.165) is 36.2 Å². The summed E-state index contributed by atoms with van der Waals surface area (Å²) >= 11 is 3.49. The zero-order valence-electron chi connectivity index (χ0n) is 16.2. The number of aryl methyl sites for hydroxylation is 1. The number of carbonyl (C=O) groups is 1. The van der Waals surface area contributed by atoms with Crippen molar-refractivity contribution in [1.29, 1.82) is 0 Å². The molecule has 4 nitrogen and oxygen atoms in total. The first-order chi connectivity index (χ1) is 14.1. The molecule has 4 rings (SSSR count). The second-order valence-electron chi connectivity index (χ2n) is 7.22. The van der Waals surface area contributed by atoms with Crippen molar-refractivity contribution in [3.63, 3.8) is 0 Å². The molecule has 148 valence electrons. The first-order valence-electron chi connectivity index (χ1n) is 9.85. The molecule has 0 bridgehead atoms. The van der Waals surface area contributed by atoms with Crippen molar-refractivity contribution in [1.82, 2.24) is 0 Å². The summed E-state index contributed by atoms with van der Waals surface area (Å²) in [4.78, 5) is 15.2. The normalized spacial score (nSPS) is 15.7. The van der Waals surface area contributed by atoms with Crippen molar-refractivity contribution in [2.24, 2.45) is 0 Å². The number of anilines is 2. The van der Waals surface area contributed by atoms with E-state index in [9.17, 15) is 9.90 Å². The second-order valence-corrected chi connectivity index (χ2v) is 8.01. The van der Waals surface area contributed by atoms with Gasteiger partial charge in [0.05, 0.1) is 10.0 Å². The van der Waals surface area contributed by atoms with Crippen molar-refractivity contribution >= 4 is 33.2 Å². The van der Waals surface area contributed by atoms with Crippen LogP contribution in [0.2, 0.25) is 0 Å². The Kier molecular flexibility index (Phi) is 5.58. The first-order valence-corrected chi connectivity index (χ1v) is 10.6. The van der Waals surface area contributed by atoms with Gasteiger partial charge in [0.2, 0.25) is 0 Å². The Labute approximate surface area is 179 Å². The molecular weight excluding hydrogens is 428 g/mol. The van der Waals surface area contributed by atoms with E-state index in [-0.39, 0.29) is 11.7 Å². The number of amides is 1. The third-order valence-corrected chi connectivity index (χ3v) is 6.13. The van der Waals surface area contributed by atoms with E-state index in [4.69, 9.17) is 0 Å². The fraction of sp³-hybridized carbons (Fsp3) is 0.208. The lowest BCUT2D eigenvalue weighted by Gasteiger charge is -2.38. The summed E-state index contributed by atoms with van der Waals surface area (Å²) in [5.74, 6) is 0.0753. The van der Waals surface area contributed by atoms with Crippen LogP contribution in [0.5, 0.6) is 5.75 Å². The van der Waals surface area contributed by atoms with Gasteiger partial charge in [-0.3, -0.25) is 9.69 Å². The van der Waals surface area contributed by atoms with Crippen LogP contribution in [0.3, 0.4) is 0 Å². The molecule has 0 fully saturated rings. The molecule has 1 heterocycles. The van der Waals surface area contributed by atoms with Crippen LogP contribution in [0, 0.1) is 0 Å². The van der Waals surface area contributed by atoms with Gasteiger partial charge in [-0.15, -0.1) is 0 Å². The lowest BCUT2D eigenvalue weighted by molar-refractivity contribution is 0.0974. The van der Waals surface area contributed by atoms with Gasteiger partial charge in [0.25, 0.3) is 5.91 Å². The van der Waals surface area contributed by atoms with Gasteiger partial charge in [0.1, 0.15) is 11.9 Å². The number of benzene rings is 3. The Morgan fingerprint density at radius 2 is 1.79 bits per heavy atom. The molecule has 0 radical (unpaired) electrons. The van der Waals surface area contributed by atoms with Gasteiger partial charge in [0.15, 0.2) is 0 Å². The molecule has 1 aliphatic heterocycles. The highest BCUT2D eigenvalue weighted by molar-refractivity contribution is 9.10.